The van der Waals surface area contributed by atoms with E-state index in [1.165, 1.54) is 31.4 Å². The predicted octanol–water partition coefficient (Wildman–Crippen LogP) is 5.56. The number of carbonyl (C=O) groups is 1. The average molecular weight is 551 g/mol. The molecule has 0 saturated heterocycles. The summed E-state index contributed by atoms with van der Waals surface area (Å²) in [6.07, 6.45) is 1.66. The molecule has 0 aliphatic rings. The number of anilines is 1. The van der Waals surface area contributed by atoms with Gasteiger partial charge >= 0.3 is 0 Å². The first-order valence-electron chi connectivity index (χ1n) is 10.6. The Bertz CT molecular complexity index is 1490. The van der Waals surface area contributed by atoms with E-state index in [0.29, 0.717) is 49.9 Å². The van der Waals surface area contributed by atoms with E-state index in [-0.39, 0.29) is 6.61 Å². The van der Waals surface area contributed by atoms with Crippen LogP contribution in [0.2, 0.25) is 0 Å². The Morgan fingerprint density at radius 1 is 1.14 bits per heavy atom. The number of nitrogens with zero attached hydrogens (tertiary/aromatic N) is 2. The Labute approximate surface area is 214 Å². The van der Waals surface area contributed by atoms with Crippen LogP contribution in [0.25, 0.3) is 22.7 Å². The van der Waals surface area contributed by atoms with Crippen LogP contribution in [-0.2, 0) is 4.79 Å². The van der Waals surface area contributed by atoms with Gasteiger partial charge in [0.1, 0.15) is 23.5 Å². The lowest BCUT2D eigenvalue weighted by atomic mass is 10.1. The van der Waals surface area contributed by atoms with Gasteiger partial charge in [-0.15, -0.1) is 0 Å². The number of amides is 1. The zero-order valence-electron chi connectivity index (χ0n) is 19.3. The van der Waals surface area contributed by atoms with Crippen molar-refractivity contribution in [2.45, 2.75) is 0 Å². The molecule has 3 aromatic carbocycles. The van der Waals surface area contributed by atoms with Crippen molar-refractivity contribution in [3.8, 4) is 23.3 Å². The van der Waals surface area contributed by atoms with Crippen LogP contribution in [0, 0.1) is 17.1 Å². The Morgan fingerprint density at radius 2 is 1.92 bits per heavy atom. The molecule has 8 nitrogen and oxygen atoms in total. The van der Waals surface area contributed by atoms with Crippen molar-refractivity contribution in [1.29, 1.82) is 5.26 Å². The van der Waals surface area contributed by atoms with E-state index in [2.05, 4.69) is 37.3 Å². The molecule has 1 aromatic heterocycles. The number of hydrogen-bond donors (Lipinski definition) is 2. The zero-order valence-corrected chi connectivity index (χ0v) is 20.8. The molecular weight excluding hydrogens is 531 g/mol. The van der Waals surface area contributed by atoms with Gasteiger partial charge in [0.15, 0.2) is 18.1 Å². The summed E-state index contributed by atoms with van der Waals surface area (Å²) in [5, 5.41) is 12.4. The van der Waals surface area contributed by atoms with Crippen molar-refractivity contribution < 1.29 is 23.4 Å². The molecule has 0 bridgehead atoms. The number of rotatable bonds is 8. The van der Waals surface area contributed by atoms with E-state index < -0.39 is 11.7 Å². The highest BCUT2D eigenvalue weighted by Crippen LogP contribution is 2.35. The van der Waals surface area contributed by atoms with Crippen molar-refractivity contribution in [1.82, 2.24) is 9.97 Å². The summed E-state index contributed by atoms with van der Waals surface area (Å²) >= 11 is 3.49. The van der Waals surface area contributed by atoms with Crippen LogP contribution >= 0.6 is 15.9 Å². The molecular formula is C26H20BrFN4O4. The average Bonchev–Trinajstić information content (AvgIpc) is 3.31. The molecule has 36 heavy (non-hydrogen) atoms. The Morgan fingerprint density at radius 3 is 2.61 bits per heavy atom. The summed E-state index contributed by atoms with van der Waals surface area (Å²) in [5.74, 6) is 0.958. The van der Waals surface area contributed by atoms with E-state index in [1.807, 2.05) is 0 Å². The number of aromatic nitrogens is 2. The van der Waals surface area contributed by atoms with Crippen molar-refractivity contribution in [3.05, 3.63) is 76.3 Å². The quantitative estimate of drug-likeness (QED) is 0.278. The number of methoxy groups -OCH3 is 2. The van der Waals surface area contributed by atoms with E-state index in [0.717, 1.165) is 5.52 Å². The van der Waals surface area contributed by atoms with E-state index in [1.54, 1.807) is 43.5 Å². The molecule has 0 aliphatic carbocycles. The Balaban J connectivity index is 1.54. The summed E-state index contributed by atoms with van der Waals surface area (Å²) in [6, 6.07) is 16.3. The molecule has 0 fully saturated rings. The van der Waals surface area contributed by atoms with Gasteiger partial charge in [-0.25, -0.2) is 9.37 Å². The number of nitrogens with one attached hydrogen (secondary N) is 2. The number of halogens is 2. The third-order valence-electron chi connectivity index (χ3n) is 5.13. The second kappa shape index (κ2) is 10.9. The fraction of sp³-hybridized carbons (Fsp3) is 0.115. The Kier molecular flexibility index (Phi) is 7.51. The predicted molar refractivity (Wildman–Crippen MR) is 137 cm³/mol. The van der Waals surface area contributed by atoms with Crippen LogP contribution in [0.15, 0.2) is 59.1 Å². The molecule has 1 heterocycles. The molecule has 0 unspecified atom stereocenters. The number of nitriles is 1. The van der Waals surface area contributed by atoms with E-state index in [4.69, 9.17) is 14.2 Å². The molecule has 0 spiro atoms. The smallest absolute Gasteiger partial charge is 0.262 e. The standard InChI is InChI=1S/C26H20BrFN4O4/c1-34-19-7-8-21-22(11-19)32-26(31-21)16(13-29)9-15-10-23(35-2)24(12-20(15)27)36-14-25(33)30-18-5-3-17(28)4-6-18/h3-12H,14H2,1-2H3,(H,30,33)(H,31,32). The van der Waals surface area contributed by atoms with Crippen molar-refractivity contribution >= 4 is 50.2 Å². The van der Waals surface area contributed by atoms with Gasteiger partial charge in [-0.05, 0) is 60.2 Å². The Hall–Kier alpha value is -4.36. The van der Waals surface area contributed by atoms with Gasteiger partial charge < -0.3 is 24.5 Å². The normalized spacial score (nSPS) is 11.1. The molecule has 2 N–H and O–H groups in total. The van der Waals surface area contributed by atoms with Crippen LogP contribution in [0.5, 0.6) is 17.2 Å². The topological polar surface area (TPSA) is 109 Å². The first-order valence-corrected chi connectivity index (χ1v) is 11.4. The summed E-state index contributed by atoms with van der Waals surface area (Å²) in [4.78, 5) is 19.9. The molecule has 0 atom stereocenters. The fourth-order valence-electron chi connectivity index (χ4n) is 3.36. The molecule has 0 aliphatic heterocycles. The maximum Gasteiger partial charge on any atom is 0.262 e. The number of aromatic amines is 1. The van der Waals surface area contributed by atoms with E-state index >= 15 is 0 Å². The van der Waals surface area contributed by atoms with Crippen molar-refractivity contribution in [2.75, 3.05) is 26.1 Å². The van der Waals surface area contributed by atoms with Gasteiger partial charge in [-0.2, -0.15) is 5.26 Å². The highest BCUT2D eigenvalue weighted by atomic mass is 79.9. The van der Waals surface area contributed by atoms with Crippen molar-refractivity contribution in [2.24, 2.45) is 0 Å². The fourth-order valence-corrected chi connectivity index (χ4v) is 3.80. The number of ether oxygens (including phenoxy) is 3. The van der Waals surface area contributed by atoms with Gasteiger partial charge in [0.2, 0.25) is 0 Å². The second-order valence-electron chi connectivity index (χ2n) is 7.51. The summed E-state index contributed by atoms with van der Waals surface area (Å²) in [7, 11) is 3.05. The lowest BCUT2D eigenvalue weighted by Gasteiger charge is -2.13. The minimum Gasteiger partial charge on any atom is -0.497 e. The second-order valence-corrected chi connectivity index (χ2v) is 8.36. The zero-order chi connectivity index (χ0) is 25.7. The molecule has 182 valence electrons. The molecule has 10 heteroatoms. The van der Waals surface area contributed by atoms with Crippen molar-refractivity contribution in [3.63, 3.8) is 0 Å². The van der Waals surface area contributed by atoms with Crippen LogP contribution in [0.4, 0.5) is 10.1 Å². The number of imidazole rings is 1. The van der Waals surface area contributed by atoms with Crippen LogP contribution in [-0.4, -0.2) is 36.7 Å². The van der Waals surface area contributed by atoms with Gasteiger partial charge in [-0.3, -0.25) is 4.79 Å². The van der Waals surface area contributed by atoms with Crippen LogP contribution < -0.4 is 19.5 Å². The molecule has 4 aromatic rings. The summed E-state index contributed by atoms with van der Waals surface area (Å²) in [6.45, 7) is -0.290. The minimum absolute atomic E-state index is 0.290. The van der Waals surface area contributed by atoms with Gasteiger partial charge in [0, 0.05) is 16.2 Å². The number of hydrogen-bond acceptors (Lipinski definition) is 6. The minimum atomic E-state index is -0.419. The number of fused-ring (bicyclic) bond motifs is 1. The monoisotopic (exact) mass is 550 g/mol. The third-order valence-corrected chi connectivity index (χ3v) is 5.82. The van der Waals surface area contributed by atoms with Crippen LogP contribution in [0.1, 0.15) is 11.4 Å². The summed E-state index contributed by atoms with van der Waals surface area (Å²) < 4.78 is 30.0. The summed E-state index contributed by atoms with van der Waals surface area (Å²) in [5.41, 5.74) is 2.84. The highest BCUT2D eigenvalue weighted by molar-refractivity contribution is 9.10. The highest BCUT2D eigenvalue weighted by Gasteiger charge is 2.14. The molecule has 1 amide bonds. The molecule has 0 saturated carbocycles. The first kappa shape index (κ1) is 24.8. The lowest BCUT2D eigenvalue weighted by Crippen LogP contribution is -2.20. The number of allylic oxidation sites excluding steroid dienone is 1. The van der Waals surface area contributed by atoms with Crippen LogP contribution in [0.3, 0.4) is 0 Å². The van der Waals surface area contributed by atoms with Gasteiger partial charge in [-0.1, -0.05) is 15.9 Å². The largest absolute Gasteiger partial charge is 0.497 e. The lowest BCUT2D eigenvalue weighted by molar-refractivity contribution is -0.118. The van der Waals surface area contributed by atoms with E-state index in [9.17, 15) is 14.4 Å². The first-order chi connectivity index (χ1) is 17.4. The number of carbonyl (C=O) groups excluding carboxylic acids is 1. The molecule has 0 radical (unpaired) electrons. The molecule has 4 rings (SSSR count). The maximum absolute atomic E-state index is 13.0. The third kappa shape index (κ3) is 5.64. The number of benzene rings is 3. The number of H-pyrrole nitrogens is 1. The van der Waals surface area contributed by atoms with Gasteiger partial charge in [0.05, 0.1) is 30.8 Å². The van der Waals surface area contributed by atoms with Gasteiger partial charge in [0.25, 0.3) is 5.91 Å². The maximum atomic E-state index is 13.0. The SMILES string of the molecule is COc1ccc2nc(C(C#N)=Cc3cc(OC)c(OCC(=O)Nc4ccc(F)cc4)cc3Br)[nH]c2c1.